The molecule has 0 aliphatic heterocycles. The van der Waals surface area contributed by atoms with Crippen molar-refractivity contribution in [3.63, 3.8) is 0 Å². The molecule has 1 aliphatic carbocycles. The number of aromatic nitrogens is 1. The summed E-state index contributed by atoms with van der Waals surface area (Å²) in [5.41, 5.74) is 5.86. The number of benzene rings is 2. The van der Waals surface area contributed by atoms with E-state index in [0.29, 0.717) is 18.7 Å². The molecule has 3 aromatic rings. The highest BCUT2D eigenvalue weighted by Crippen LogP contribution is 2.39. The summed E-state index contributed by atoms with van der Waals surface area (Å²) in [4.78, 5) is 28.0. The largest absolute Gasteiger partial charge is 0.395 e. The number of H-pyrrole nitrogens is 1. The number of hydrogen-bond acceptors (Lipinski definition) is 6. The van der Waals surface area contributed by atoms with E-state index in [-0.39, 0.29) is 18.3 Å². The maximum Gasteiger partial charge on any atom is 0.276 e. The molecule has 2 aromatic carbocycles. The molecular formula is C24H26N4O5. The molecule has 9 heteroatoms. The lowest BCUT2D eigenvalue weighted by atomic mass is 10.0. The van der Waals surface area contributed by atoms with Crippen LogP contribution in [-0.2, 0) is 17.6 Å². The number of nitrogens with zero attached hydrogens (tertiary/aromatic N) is 2. The average Bonchev–Trinajstić information content (AvgIpc) is 3.43. The van der Waals surface area contributed by atoms with Crippen LogP contribution in [0.15, 0.2) is 48.7 Å². The monoisotopic (exact) mass is 450 g/mol. The number of nitro groups is 1. The second-order valence-electron chi connectivity index (χ2n) is 8.10. The Morgan fingerprint density at radius 1 is 1.30 bits per heavy atom. The summed E-state index contributed by atoms with van der Waals surface area (Å²) in [5, 5.41) is 31.2. The van der Waals surface area contributed by atoms with Gasteiger partial charge in [0.15, 0.2) is 0 Å². The van der Waals surface area contributed by atoms with Gasteiger partial charge in [0.25, 0.3) is 11.6 Å². The fourth-order valence-electron chi connectivity index (χ4n) is 4.67. The number of carbonyl (C=O) groups is 1. The topological polar surface area (TPSA) is 132 Å². The van der Waals surface area contributed by atoms with Crippen molar-refractivity contribution < 1.29 is 20.0 Å². The van der Waals surface area contributed by atoms with Crippen molar-refractivity contribution in [2.45, 2.75) is 25.3 Å². The zero-order valence-electron chi connectivity index (χ0n) is 18.0. The highest BCUT2D eigenvalue weighted by molar-refractivity contribution is 5.91. The number of aliphatic hydroxyl groups is 1. The van der Waals surface area contributed by atoms with Crippen molar-refractivity contribution in [2.75, 3.05) is 19.7 Å². The summed E-state index contributed by atoms with van der Waals surface area (Å²) in [6.45, 7) is 1.18. The van der Waals surface area contributed by atoms with Gasteiger partial charge in [-0.05, 0) is 54.2 Å². The van der Waals surface area contributed by atoms with Gasteiger partial charge in [-0.1, -0.05) is 18.2 Å². The fourth-order valence-corrected chi connectivity index (χ4v) is 4.67. The summed E-state index contributed by atoms with van der Waals surface area (Å²) in [6, 6.07) is 11.4. The molecule has 1 aliphatic rings. The molecule has 1 heterocycles. The molecule has 0 saturated carbocycles. The molecule has 0 fully saturated rings. The van der Waals surface area contributed by atoms with E-state index in [0.717, 1.165) is 42.0 Å². The molecule has 33 heavy (non-hydrogen) atoms. The van der Waals surface area contributed by atoms with Crippen LogP contribution in [0.2, 0.25) is 0 Å². The number of carbonyl (C=O) groups excluding carboxylic acids is 1. The number of amides is 1. The number of aliphatic hydroxyl groups excluding tert-OH is 1. The van der Waals surface area contributed by atoms with Gasteiger partial charge in [-0.2, -0.15) is 0 Å². The Hall–Kier alpha value is -3.53. The van der Waals surface area contributed by atoms with Gasteiger partial charge in [-0.15, -0.1) is 0 Å². The van der Waals surface area contributed by atoms with Crippen molar-refractivity contribution in [1.82, 2.24) is 15.4 Å². The molecule has 9 nitrogen and oxygen atoms in total. The van der Waals surface area contributed by atoms with Crippen molar-refractivity contribution in [3.8, 4) is 0 Å². The van der Waals surface area contributed by atoms with Crippen molar-refractivity contribution >= 4 is 28.6 Å². The van der Waals surface area contributed by atoms with Crippen molar-refractivity contribution in [2.24, 2.45) is 0 Å². The summed E-state index contributed by atoms with van der Waals surface area (Å²) >= 11 is 0. The van der Waals surface area contributed by atoms with E-state index in [2.05, 4.69) is 16.0 Å². The van der Waals surface area contributed by atoms with Crippen LogP contribution in [0.25, 0.3) is 17.0 Å². The molecule has 1 aromatic heterocycles. The molecule has 1 atom stereocenters. The first-order valence-corrected chi connectivity index (χ1v) is 10.8. The van der Waals surface area contributed by atoms with Gasteiger partial charge in [0.2, 0.25) is 0 Å². The van der Waals surface area contributed by atoms with Crippen molar-refractivity contribution in [3.05, 3.63) is 81.0 Å². The first kappa shape index (κ1) is 22.7. The number of aromatic amines is 1. The number of nitrogens with one attached hydrogen (secondary N) is 2. The van der Waals surface area contributed by atoms with E-state index < -0.39 is 10.8 Å². The molecule has 1 amide bonds. The second-order valence-corrected chi connectivity index (χ2v) is 8.10. The molecule has 1 unspecified atom stereocenters. The Bertz CT molecular complexity index is 1200. The summed E-state index contributed by atoms with van der Waals surface area (Å²) in [6.07, 6.45) is 6.73. The zero-order chi connectivity index (χ0) is 23.4. The molecule has 0 radical (unpaired) electrons. The highest BCUT2D eigenvalue weighted by atomic mass is 16.6. The predicted octanol–water partition coefficient (Wildman–Crippen LogP) is 3.12. The number of hydrogen-bond donors (Lipinski definition) is 4. The zero-order valence-corrected chi connectivity index (χ0v) is 18.0. The Balaban J connectivity index is 1.59. The van der Waals surface area contributed by atoms with Crippen molar-refractivity contribution in [1.29, 1.82) is 0 Å². The molecule has 0 saturated heterocycles. The third-order valence-electron chi connectivity index (χ3n) is 6.23. The van der Waals surface area contributed by atoms with Crippen LogP contribution in [0.3, 0.4) is 0 Å². The van der Waals surface area contributed by atoms with Crippen LogP contribution in [-0.4, -0.2) is 50.7 Å². The Kier molecular flexibility index (Phi) is 6.83. The standard InChI is InChI=1S/C24H26N4O5/c29-12-11-27(10-9-18-15-25-21-4-2-1-3-19(18)21)22-7-5-16-13-17(6-8-24(30)26-31)23(28(32)33)14-20(16)22/h1-4,6,8,13-15,22,25,29,31H,5,7,9-12H2,(H,26,30). The first-order chi connectivity index (χ1) is 16.0. The van der Waals surface area contributed by atoms with E-state index in [9.17, 15) is 20.0 Å². The number of aryl methyl sites for hydroxylation is 1. The highest BCUT2D eigenvalue weighted by Gasteiger charge is 2.31. The Labute approximate surface area is 190 Å². The van der Waals surface area contributed by atoms with Crippen LogP contribution >= 0.6 is 0 Å². The fraction of sp³-hybridized carbons (Fsp3) is 0.292. The van der Waals surface area contributed by atoms with E-state index in [1.54, 1.807) is 12.1 Å². The van der Waals surface area contributed by atoms with Gasteiger partial charge in [-0.25, -0.2) is 5.48 Å². The van der Waals surface area contributed by atoms with Gasteiger partial charge >= 0.3 is 0 Å². The normalized spacial score (nSPS) is 15.4. The lowest BCUT2D eigenvalue weighted by Gasteiger charge is -2.29. The van der Waals surface area contributed by atoms with E-state index in [1.807, 2.05) is 24.4 Å². The van der Waals surface area contributed by atoms with E-state index >= 15 is 0 Å². The maximum atomic E-state index is 11.7. The Morgan fingerprint density at radius 3 is 2.88 bits per heavy atom. The van der Waals surface area contributed by atoms with Gasteiger partial charge in [-0.3, -0.25) is 25.0 Å². The Morgan fingerprint density at radius 2 is 2.12 bits per heavy atom. The predicted molar refractivity (Wildman–Crippen MR) is 124 cm³/mol. The summed E-state index contributed by atoms with van der Waals surface area (Å²) in [7, 11) is 0. The molecule has 172 valence electrons. The van der Waals surface area contributed by atoms with Gasteiger partial charge < -0.3 is 10.1 Å². The van der Waals surface area contributed by atoms with E-state index in [4.69, 9.17) is 5.21 Å². The minimum Gasteiger partial charge on any atom is -0.395 e. The summed E-state index contributed by atoms with van der Waals surface area (Å²) in [5.74, 6) is -0.755. The SMILES string of the molecule is O=C(C=Cc1cc2c(cc1[N+](=O)[O-])C(N(CCO)CCc1c[nH]c3ccccc13)CC2)NO. The van der Waals surface area contributed by atoms with E-state index in [1.165, 1.54) is 22.5 Å². The molecule has 4 rings (SSSR count). The molecule has 0 bridgehead atoms. The van der Waals surface area contributed by atoms with Gasteiger partial charge in [0, 0.05) is 48.4 Å². The third kappa shape index (κ3) is 4.80. The molecule has 4 N–H and O–H groups in total. The lowest BCUT2D eigenvalue weighted by molar-refractivity contribution is -0.385. The number of rotatable bonds is 9. The lowest BCUT2D eigenvalue weighted by Crippen LogP contribution is -2.32. The second kappa shape index (κ2) is 9.95. The summed E-state index contributed by atoms with van der Waals surface area (Å²) < 4.78 is 0. The van der Waals surface area contributed by atoms with Crippen LogP contribution in [0.5, 0.6) is 0 Å². The minimum atomic E-state index is -0.755. The van der Waals surface area contributed by atoms with Crippen LogP contribution in [0.1, 0.15) is 34.7 Å². The van der Waals surface area contributed by atoms with Crippen LogP contribution in [0.4, 0.5) is 5.69 Å². The number of hydroxylamine groups is 1. The number of fused-ring (bicyclic) bond motifs is 2. The first-order valence-electron chi connectivity index (χ1n) is 10.8. The van der Waals surface area contributed by atoms with Crippen LogP contribution < -0.4 is 5.48 Å². The van der Waals surface area contributed by atoms with Crippen LogP contribution in [0, 0.1) is 10.1 Å². The quantitative estimate of drug-likeness (QED) is 0.171. The number of nitro benzene ring substituents is 1. The smallest absolute Gasteiger partial charge is 0.276 e. The average molecular weight is 450 g/mol. The molecular weight excluding hydrogens is 424 g/mol. The van der Waals surface area contributed by atoms with Gasteiger partial charge in [0.05, 0.1) is 17.1 Å². The third-order valence-corrected chi connectivity index (χ3v) is 6.23. The minimum absolute atomic E-state index is 0.00109. The van der Waals surface area contributed by atoms with Gasteiger partial charge in [0.1, 0.15) is 0 Å². The maximum absolute atomic E-state index is 11.7. The number of para-hydroxylation sites is 1. The molecule has 0 spiro atoms.